The summed E-state index contributed by atoms with van der Waals surface area (Å²) >= 11 is 0. The second-order valence-electron chi connectivity index (χ2n) is 7.05. The maximum Gasteiger partial charge on any atom is 0.411 e. The molecule has 162 valence electrons. The third-order valence-electron chi connectivity index (χ3n) is 4.95. The first-order chi connectivity index (χ1) is 15.5. The van der Waals surface area contributed by atoms with E-state index in [0.717, 1.165) is 10.5 Å². The van der Waals surface area contributed by atoms with Gasteiger partial charge in [-0.1, -0.05) is 24.3 Å². The van der Waals surface area contributed by atoms with E-state index in [1.807, 2.05) is 0 Å². The van der Waals surface area contributed by atoms with Gasteiger partial charge in [0.15, 0.2) is 0 Å². The van der Waals surface area contributed by atoms with Gasteiger partial charge in [0.1, 0.15) is 5.82 Å². The number of halogens is 1. The minimum Gasteiger partial charge on any atom is -0.450 e. The molecule has 32 heavy (non-hydrogen) atoms. The van der Waals surface area contributed by atoms with Crippen molar-refractivity contribution in [3.63, 3.8) is 0 Å². The van der Waals surface area contributed by atoms with Gasteiger partial charge in [0.05, 0.1) is 29.1 Å². The molecule has 0 saturated carbocycles. The maximum absolute atomic E-state index is 13.1. The Morgan fingerprint density at radius 3 is 2.25 bits per heavy atom. The zero-order chi connectivity index (χ0) is 22.7. The van der Waals surface area contributed by atoms with Crippen LogP contribution in [0, 0.1) is 5.82 Å². The second-order valence-corrected chi connectivity index (χ2v) is 7.05. The molecule has 0 aliphatic carbocycles. The summed E-state index contributed by atoms with van der Waals surface area (Å²) in [6.07, 6.45) is -0.697. The van der Waals surface area contributed by atoms with Crippen molar-refractivity contribution in [3.8, 4) is 0 Å². The molecule has 8 heteroatoms. The third kappa shape index (κ3) is 4.15. The fraction of sp³-hybridized carbons (Fsp3) is 0.125. The molecule has 1 aliphatic heterocycles. The first-order valence-electron chi connectivity index (χ1n) is 10.0. The fourth-order valence-corrected chi connectivity index (χ4v) is 3.42. The van der Waals surface area contributed by atoms with Crippen molar-refractivity contribution < 1.29 is 23.5 Å². The molecule has 1 aliphatic rings. The summed E-state index contributed by atoms with van der Waals surface area (Å²) in [5.74, 6) is -1.28. The number of ether oxygens (including phenoxy) is 1. The Morgan fingerprint density at radius 1 is 0.969 bits per heavy atom. The van der Waals surface area contributed by atoms with Crippen molar-refractivity contribution in [1.82, 2.24) is 0 Å². The number of benzene rings is 3. The number of fused-ring (bicyclic) bond motifs is 1. The van der Waals surface area contributed by atoms with Crippen LogP contribution in [-0.2, 0) is 11.3 Å². The number of hydrogen-bond donors (Lipinski definition) is 2. The van der Waals surface area contributed by atoms with Crippen LogP contribution >= 0.6 is 0 Å². The highest BCUT2D eigenvalue weighted by Gasteiger charge is 2.37. The predicted octanol–water partition coefficient (Wildman–Crippen LogP) is 4.81. The van der Waals surface area contributed by atoms with Gasteiger partial charge in [0, 0.05) is 12.2 Å². The highest BCUT2D eigenvalue weighted by molar-refractivity contribution is 6.35. The highest BCUT2D eigenvalue weighted by atomic mass is 19.1. The molecule has 1 heterocycles. The fourth-order valence-electron chi connectivity index (χ4n) is 3.42. The van der Waals surface area contributed by atoms with Gasteiger partial charge in [-0.2, -0.15) is 0 Å². The van der Waals surface area contributed by atoms with E-state index >= 15 is 0 Å². The molecule has 0 aromatic heterocycles. The SMILES string of the molecule is CCOC(=O)Nc1ccc(NCc2ccc(F)cc2)cc1N1C(=O)c2ccccc2C1=O. The molecule has 3 amide bonds. The van der Waals surface area contributed by atoms with Crippen molar-refractivity contribution in [3.05, 3.63) is 89.2 Å². The summed E-state index contributed by atoms with van der Waals surface area (Å²) in [5.41, 5.74) is 2.52. The summed E-state index contributed by atoms with van der Waals surface area (Å²) in [6, 6.07) is 17.5. The Kier molecular flexibility index (Phi) is 5.85. The molecule has 4 rings (SSSR count). The van der Waals surface area contributed by atoms with Gasteiger partial charge in [-0.3, -0.25) is 14.9 Å². The molecule has 7 nitrogen and oxygen atoms in total. The Bertz CT molecular complexity index is 1160. The topological polar surface area (TPSA) is 87.7 Å². The molecule has 3 aromatic carbocycles. The molecule has 0 radical (unpaired) electrons. The molecular weight excluding hydrogens is 413 g/mol. The summed E-state index contributed by atoms with van der Waals surface area (Å²) < 4.78 is 18.1. The maximum atomic E-state index is 13.1. The van der Waals surface area contributed by atoms with Crippen molar-refractivity contribution in [2.45, 2.75) is 13.5 Å². The molecule has 0 fully saturated rings. The Hall–Kier alpha value is -4.20. The smallest absolute Gasteiger partial charge is 0.411 e. The van der Waals surface area contributed by atoms with Gasteiger partial charge >= 0.3 is 6.09 Å². The van der Waals surface area contributed by atoms with Crippen LogP contribution < -0.4 is 15.5 Å². The van der Waals surface area contributed by atoms with Crippen molar-refractivity contribution in [2.75, 3.05) is 22.1 Å². The minimum absolute atomic E-state index is 0.172. The first-order valence-corrected chi connectivity index (χ1v) is 10.0. The Morgan fingerprint density at radius 2 is 1.62 bits per heavy atom. The number of nitrogens with zero attached hydrogens (tertiary/aromatic N) is 1. The third-order valence-corrected chi connectivity index (χ3v) is 4.95. The van der Waals surface area contributed by atoms with Gasteiger partial charge in [-0.15, -0.1) is 0 Å². The number of hydrogen-bond acceptors (Lipinski definition) is 5. The lowest BCUT2D eigenvalue weighted by Gasteiger charge is -2.20. The molecule has 0 bridgehead atoms. The second kappa shape index (κ2) is 8.89. The van der Waals surface area contributed by atoms with E-state index in [-0.39, 0.29) is 23.8 Å². The number of carbonyl (C=O) groups is 3. The number of anilines is 3. The number of carbonyl (C=O) groups excluding carboxylic acids is 3. The van der Waals surface area contributed by atoms with Crippen LogP contribution in [0.1, 0.15) is 33.2 Å². The zero-order valence-corrected chi connectivity index (χ0v) is 17.2. The van der Waals surface area contributed by atoms with Gasteiger partial charge in [0.2, 0.25) is 0 Å². The minimum atomic E-state index is -0.697. The molecule has 0 spiro atoms. The van der Waals surface area contributed by atoms with Crippen LogP contribution in [0.3, 0.4) is 0 Å². The van der Waals surface area contributed by atoms with Crippen LogP contribution in [0.2, 0.25) is 0 Å². The van der Waals surface area contributed by atoms with E-state index < -0.39 is 17.9 Å². The van der Waals surface area contributed by atoms with Gasteiger partial charge < -0.3 is 10.1 Å². The van der Waals surface area contributed by atoms with Crippen LogP contribution in [0.5, 0.6) is 0 Å². The lowest BCUT2D eigenvalue weighted by molar-refractivity contribution is 0.0926. The number of rotatable bonds is 6. The molecule has 0 unspecified atom stereocenters. The van der Waals surface area contributed by atoms with E-state index in [2.05, 4.69) is 10.6 Å². The summed E-state index contributed by atoms with van der Waals surface area (Å²) in [5, 5.41) is 5.77. The Balaban J connectivity index is 1.67. The van der Waals surface area contributed by atoms with Crippen LogP contribution in [-0.4, -0.2) is 24.5 Å². The van der Waals surface area contributed by atoms with Crippen LogP contribution in [0.15, 0.2) is 66.7 Å². The standard InChI is InChI=1S/C24H20FN3O4/c1-2-32-24(31)27-20-12-11-17(26-14-15-7-9-16(25)10-8-15)13-21(20)28-22(29)18-5-3-4-6-19(18)23(28)30/h3-13,26H,2,14H2,1H3,(H,27,31). The van der Waals surface area contributed by atoms with E-state index in [4.69, 9.17) is 4.74 Å². The van der Waals surface area contributed by atoms with E-state index in [0.29, 0.717) is 23.4 Å². The average Bonchev–Trinajstić information content (AvgIpc) is 3.04. The summed E-state index contributed by atoms with van der Waals surface area (Å²) in [6.45, 7) is 2.24. The molecule has 0 saturated heterocycles. The number of amides is 3. The van der Waals surface area contributed by atoms with E-state index in [1.54, 1.807) is 61.5 Å². The van der Waals surface area contributed by atoms with Gasteiger partial charge in [0.25, 0.3) is 11.8 Å². The molecule has 0 atom stereocenters. The average molecular weight is 433 g/mol. The van der Waals surface area contributed by atoms with E-state index in [1.165, 1.54) is 12.1 Å². The Labute approximate surface area is 183 Å². The van der Waals surface area contributed by atoms with E-state index in [9.17, 15) is 18.8 Å². The lowest BCUT2D eigenvalue weighted by atomic mass is 10.1. The number of imide groups is 1. The van der Waals surface area contributed by atoms with Crippen LogP contribution in [0.4, 0.5) is 26.2 Å². The zero-order valence-electron chi connectivity index (χ0n) is 17.2. The van der Waals surface area contributed by atoms with Crippen molar-refractivity contribution in [1.29, 1.82) is 0 Å². The monoisotopic (exact) mass is 433 g/mol. The molecule has 2 N–H and O–H groups in total. The molecular formula is C24H20FN3O4. The first kappa shape index (κ1) is 21.0. The lowest BCUT2D eigenvalue weighted by Crippen LogP contribution is -2.30. The van der Waals surface area contributed by atoms with Crippen molar-refractivity contribution in [2.24, 2.45) is 0 Å². The number of nitrogens with one attached hydrogen (secondary N) is 2. The summed E-state index contributed by atoms with van der Waals surface area (Å²) in [7, 11) is 0. The quantitative estimate of drug-likeness (QED) is 0.545. The predicted molar refractivity (Wildman–Crippen MR) is 118 cm³/mol. The highest BCUT2D eigenvalue weighted by Crippen LogP contribution is 2.35. The van der Waals surface area contributed by atoms with Gasteiger partial charge in [-0.25, -0.2) is 14.1 Å². The normalized spacial score (nSPS) is 12.5. The van der Waals surface area contributed by atoms with Crippen LogP contribution in [0.25, 0.3) is 0 Å². The largest absolute Gasteiger partial charge is 0.450 e. The van der Waals surface area contributed by atoms with Gasteiger partial charge in [-0.05, 0) is 55.0 Å². The van der Waals surface area contributed by atoms with Crippen molar-refractivity contribution >= 4 is 35.0 Å². The molecule has 3 aromatic rings. The summed E-state index contributed by atoms with van der Waals surface area (Å²) in [4.78, 5) is 39.1.